The second-order valence-corrected chi connectivity index (χ2v) is 9.81. The van der Waals surface area contributed by atoms with Crippen molar-refractivity contribution < 1.29 is 14.3 Å². The lowest BCUT2D eigenvalue weighted by molar-refractivity contribution is -0.120. The summed E-state index contributed by atoms with van der Waals surface area (Å²) in [6, 6.07) is 14.7. The van der Waals surface area contributed by atoms with Crippen LogP contribution in [0.4, 0.5) is 5.69 Å². The standard InChI is InChI=1S/C27H29N9O3/c1-17-28-24-15-35(10-11-36(24)33-17)14-19-8-9-21-22(12-19)39-16-20(27(38)34(21)2)29-26(37)25-30-23(31-32-25)13-18-6-4-3-5-7-18/h3-9,12,20H,10-11,13-16H2,1-2H3,(H,29,37)(H,30,31,32). The molecule has 2 aromatic carbocycles. The van der Waals surface area contributed by atoms with E-state index < -0.39 is 11.9 Å². The summed E-state index contributed by atoms with van der Waals surface area (Å²) >= 11 is 0. The molecule has 6 rings (SSSR count). The number of ether oxygens (including phenoxy) is 1. The number of carbonyl (C=O) groups is 2. The maximum atomic E-state index is 13.2. The van der Waals surface area contributed by atoms with Crippen molar-refractivity contribution in [3.05, 3.63) is 83.0 Å². The maximum absolute atomic E-state index is 13.2. The van der Waals surface area contributed by atoms with Crippen molar-refractivity contribution in [1.29, 1.82) is 0 Å². The van der Waals surface area contributed by atoms with Crippen LogP contribution in [0.3, 0.4) is 0 Å². The fourth-order valence-corrected chi connectivity index (χ4v) is 4.94. The second kappa shape index (κ2) is 10.3. The normalized spacial score (nSPS) is 17.2. The van der Waals surface area contributed by atoms with Crippen molar-refractivity contribution in [2.75, 3.05) is 25.1 Å². The predicted octanol–water partition coefficient (Wildman–Crippen LogP) is 1.47. The van der Waals surface area contributed by atoms with Gasteiger partial charge in [0.1, 0.15) is 35.9 Å². The number of nitrogens with zero attached hydrogens (tertiary/aromatic N) is 7. The molecule has 4 heterocycles. The molecule has 2 aliphatic rings. The molecule has 12 nitrogen and oxygen atoms in total. The molecule has 0 radical (unpaired) electrons. The number of hydrogen-bond donors (Lipinski definition) is 2. The highest BCUT2D eigenvalue weighted by Crippen LogP contribution is 2.32. The van der Waals surface area contributed by atoms with Crippen LogP contribution >= 0.6 is 0 Å². The van der Waals surface area contributed by atoms with E-state index in [1.54, 1.807) is 7.05 Å². The smallest absolute Gasteiger partial charge is 0.291 e. The van der Waals surface area contributed by atoms with Crippen LogP contribution in [-0.2, 0) is 30.8 Å². The van der Waals surface area contributed by atoms with Gasteiger partial charge in [-0.25, -0.2) is 14.6 Å². The van der Waals surface area contributed by atoms with Crippen molar-refractivity contribution in [1.82, 2.24) is 40.2 Å². The summed E-state index contributed by atoms with van der Waals surface area (Å²) in [6.45, 7) is 5.01. The Hall–Kier alpha value is -4.58. The van der Waals surface area contributed by atoms with Gasteiger partial charge in [-0.05, 0) is 30.2 Å². The summed E-state index contributed by atoms with van der Waals surface area (Å²) in [4.78, 5) is 38.7. The number of anilines is 1. The highest BCUT2D eigenvalue weighted by Gasteiger charge is 2.32. The van der Waals surface area contributed by atoms with E-state index in [2.05, 4.69) is 35.5 Å². The fraction of sp³-hybridized carbons (Fsp3) is 0.333. The number of aromatic nitrogens is 6. The number of fused-ring (bicyclic) bond motifs is 2. The number of nitrogens with one attached hydrogen (secondary N) is 2. The molecule has 2 amide bonds. The van der Waals surface area contributed by atoms with Crippen LogP contribution in [0.5, 0.6) is 5.75 Å². The van der Waals surface area contributed by atoms with Crippen molar-refractivity contribution in [2.45, 2.75) is 39.0 Å². The average molecular weight is 528 g/mol. The van der Waals surface area contributed by atoms with Crippen molar-refractivity contribution in [3.63, 3.8) is 0 Å². The lowest BCUT2D eigenvalue weighted by Crippen LogP contribution is -2.49. The zero-order valence-corrected chi connectivity index (χ0v) is 21.8. The molecule has 2 N–H and O–H groups in total. The van der Waals surface area contributed by atoms with Gasteiger partial charge < -0.3 is 15.0 Å². The molecule has 12 heteroatoms. The van der Waals surface area contributed by atoms with E-state index >= 15 is 0 Å². The lowest BCUT2D eigenvalue weighted by Gasteiger charge is -2.27. The Bertz CT molecular complexity index is 1510. The van der Waals surface area contributed by atoms with Crippen LogP contribution in [0.2, 0.25) is 0 Å². The Balaban J connectivity index is 1.10. The number of aryl methyl sites for hydroxylation is 1. The molecule has 0 bridgehead atoms. The Morgan fingerprint density at radius 3 is 2.82 bits per heavy atom. The largest absolute Gasteiger partial charge is 0.489 e. The molecule has 39 heavy (non-hydrogen) atoms. The molecule has 0 aliphatic carbocycles. The van der Waals surface area contributed by atoms with Gasteiger partial charge in [0.05, 0.1) is 18.8 Å². The summed E-state index contributed by atoms with van der Waals surface area (Å²) in [5.41, 5.74) is 2.76. The van der Waals surface area contributed by atoms with E-state index in [-0.39, 0.29) is 18.3 Å². The Morgan fingerprint density at radius 2 is 1.97 bits per heavy atom. The molecular weight excluding hydrogens is 498 g/mol. The molecule has 2 aliphatic heterocycles. The minimum absolute atomic E-state index is 0.00123. The number of likely N-dealkylation sites (N-methyl/N-ethyl adjacent to an activating group) is 1. The van der Waals surface area contributed by atoms with E-state index in [1.807, 2.05) is 60.1 Å². The minimum Gasteiger partial charge on any atom is -0.489 e. The topological polar surface area (TPSA) is 134 Å². The van der Waals surface area contributed by atoms with Gasteiger partial charge in [-0.15, -0.1) is 5.10 Å². The van der Waals surface area contributed by atoms with E-state index in [1.165, 1.54) is 4.90 Å². The van der Waals surface area contributed by atoms with Crippen LogP contribution in [0.1, 0.15) is 39.2 Å². The van der Waals surface area contributed by atoms with Gasteiger partial charge in [0.15, 0.2) is 0 Å². The van der Waals surface area contributed by atoms with E-state index in [9.17, 15) is 9.59 Å². The molecule has 0 spiro atoms. The molecule has 1 unspecified atom stereocenters. The zero-order chi connectivity index (χ0) is 26.9. The summed E-state index contributed by atoms with van der Waals surface area (Å²) in [7, 11) is 1.68. The second-order valence-electron chi connectivity index (χ2n) is 9.81. The van der Waals surface area contributed by atoms with Crippen molar-refractivity contribution in [3.8, 4) is 5.75 Å². The number of amides is 2. The Kier molecular flexibility index (Phi) is 6.53. The van der Waals surface area contributed by atoms with Crippen LogP contribution in [0.15, 0.2) is 48.5 Å². The molecule has 0 saturated heterocycles. The number of rotatable bonds is 6. The van der Waals surface area contributed by atoms with E-state index in [4.69, 9.17) is 4.74 Å². The highest BCUT2D eigenvalue weighted by molar-refractivity contribution is 6.02. The summed E-state index contributed by atoms with van der Waals surface area (Å²) in [5, 5.41) is 14.0. The Labute approximate surface area is 225 Å². The number of aromatic amines is 1. The summed E-state index contributed by atoms with van der Waals surface area (Å²) in [6.07, 6.45) is 0.518. The zero-order valence-electron chi connectivity index (χ0n) is 21.8. The maximum Gasteiger partial charge on any atom is 0.291 e. The summed E-state index contributed by atoms with van der Waals surface area (Å²) < 4.78 is 8.00. The number of benzene rings is 2. The first kappa shape index (κ1) is 24.7. The third kappa shape index (κ3) is 5.23. The predicted molar refractivity (Wildman–Crippen MR) is 141 cm³/mol. The van der Waals surface area contributed by atoms with Crippen LogP contribution in [-0.4, -0.2) is 72.9 Å². The summed E-state index contributed by atoms with van der Waals surface area (Å²) in [5.74, 6) is 2.08. The fourth-order valence-electron chi connectivity index (χ4n) is 4.94. The average Bonchev–Trinajstić information content (AvgIpc) is 3.53. The van der Waals surface area contributed by atoms with Crippen LogP contribution in [0, 0.1) is 6.92 Å². The van der Waals surface area contributed by atoms with E-state index in [0.29, 0.717) is 23.7 Å². The third-order valence-electron chi connectivity index (χ3n) is 6.93. The van der Waals surface area contributed by atoms with Crippen LogP contribution < -0.4 is 15.0 Å². The van der Waals surface area contributed by atoms with Gasteiger partial charge in [0.25, 0.3) is 11.8 Å². The van der Waals surface area contributed by atoms with E-state index in [0.717, 1.165) is 49.0 Å². The molecule has 200 valence electrons. The molecule has 0 saturated carbocycles. The quantitative estimate of drug-likeness (QED) is 0.385. The lowest BCUT2D eigenvalue weighted by atomic mass is 10.1. The van der Waals surface area contributed by atoms with Gasteiger partial charge in [0.2, 0.25) is 5.82 Å². The van der Waals surface area contributed by atoms with Gasteiger partial charge in [-0.2, -0.15) is 5.10 Å². The Morgan fingerprint density at radius 1 is 1.13 bits per heavy atom. The number of hydrogen-bond acceptors (Lipinski definition) is 8. The first-order valence-corrected chi connectivity index (χ1v) is 12.8. The molecule has 2 aromatic heterocycles. The van der Waals surface area contributed by atoms with Gasteiger partial charge >= 0.3 is 0 Å². The molecular formula is C27H29N9O3. The molecule has 1 atom stereocenters. The van der Waals surface area contributed by atoms with Crippen LogP contribution in [0.25, 0.3) is 0 Å². The van der Waals surface area contributed by atoms with Gasteiger partial charge in [-0.1, -0.05) is 36.4 Å². The number of carbonyl (C=O) groups excluding carboxylic acids is 2. The number of H-pyrrole nitrogens is 1. The monoisotopic (exact) mass is 527 g/mol. The third-order valence-corrected chi connectivity index (χ3v) is 6.93. The molecule has 0 fully saturated rings. The first-order valence-electron chi connectivity index (χ1n) is 12.8. The van der Waals surface area contributed by atoms with Gasteiger partial charge in [0, 0.05) is 26.6 Å². The SMILES string of the molecule is Cc1nc2n(n1)CCN(Cc1ccc3c(c1)OCC(NC(=O)c1n[nH]c(Cc4ccccc4)n1)C(=O)N3C)C2. The highest BCUT2D eigenvalue weighted by atomic mass is 16.5. The first-order chi connectivity index (χ1) is 18.9. The van der Waals surface area contributed by atoms with Crippen molar-refractivity contribution in [2.24, 2.45) is 0 Å². The minimum atomic E-state index is -0.883. The van der Waals surface area contributed by atoms with Crippen molar-refractivity contribution >= 4 is 17.5 Å². The molecule has 4 aromatic rings. The van der Waals surface area contributed by atoms with Gasteiger partial charge in [-0.3, -0.25) is 19.6 Å².